The fourth-order valence-electron chi connectivity index (χ4n) is 4.22. The van der Waals surface area contributed by atoms with Crippen LogP contribution in [0.5, 0.6) is 0 Å². The molecule has 2 heterocycles. The quantitative estimate of drug-likeness (QED) is 0.671. The zero-order chi connectivity index (χ0) is 16.3. The summed E-state index contributed by atoms with van der Waals surface area (Å²) in [5, 5.41) is 10.6. The van der Waals surface area contributed by atoms with E-state index in [0.717, 1.165) is 65.0 Å². The molecule has 2 saturated heterocycles. The molecular weight excluding hydrogens is 314 g/mol. The molecule has 0 spiro atoms. The normalized spacial score (nSPS) is 39.4. The highest BCUT2D eigenvalue weighted by molar-refractivity contribution is 7.91. The Bertz CT molecular complexity index is 471. The highest BCUT2D eigenvalue weighted by Gasteiger charge is 2.34. The average molecular weight is 346 g/mol. The van der Waals surface area contributed by atoms with E-state index in [1.165, 1.54) is 6.26 Å². The van der Waals surface area contributed by atoms with Crippen LogP contribution in [0.2, 0.25) is 0 Å². The van der Waals surface area contributed by atoms with Gasteiger partial charge in [0.05, 0.1) is 18.0 Å². The van der Waals surface area contributed by atoms with Crippen molar-refractivity contribution in [1.82, 2.24) is 16.0 Å². The minimum Gasteiger partial charge on any atom is -0.381 e. The number of hydrogen-bond acceptors (Lipinski definition) is 6. The molecule has 0 aromatic rings. The lowest BCUT2D eigenvalue weighted by Crippen LogP contribution is -2.59. The predicted molar refractivity (Wildman–Crippen MR) is 90.8 cm³/mol. The van der Waals surface area contributed by atoms with E-state index in [0.29, 0.717) is 24.0 Å². The third kappa shape index (κ3) is 4.89. The Morgan fingerprint density at radius 2 is 1.91 bits per heavy atom. The van der Waals surface area contributed by atoms with Crippen LogP contribution in [0.3, 0.4) is 0 Å². The molecule has 6 nitrogen and oxygen atoms in total. The molecule has 1 saturated carbocycles. The van der Waals surface area contributed by atoms with Crippen molar-refractivity contribution in [1.29, 1.82) is 0 Å². The van der Waals surface area contributed by atoms with Crippen molar-refractivity contribution in [2.75, 3.05) is 32.7 Å². The van der Waals surface area contributed by atoms with E-state index in [2.05, 4.69) is 16.0 Å². The number of rotatable bonds is 5. The van der Waals surface area contributed by atoms with E-state index in [1.807, 2.05) is 0 Å². The maximum absolute atomic E-state index is 11.7. The molecule has 3 aliphatic rings. The smallest absolute Gasteiger partial charge is 0.150 e. The van der Waals surface area contributed by atoms with E-state index >= 15 is 0 Å². The SMILES string of the molecule is CS(=O)(=O)C1CCC(C2CC(NCC3CCOC3)NCN2)CC1. The lowest BCUT2D eigenvalue weighted by atomic mass is 9.81. The number of sulfone groups is 1. The van der Waals surface area contributed by atoms with Gasteiger partial charge in [-0.25, -0.2) is 8.42 Å². The van der Waals surface area contributed by atoms with Gasteiger partial charge in [-0.05, 0) is 50.4 Å². The first-order chi connectivity index (χ1) is 11.0. The summed E-state index contributed by atoms with van der Waals surface area (Å²) in [7, 11) is -2.87. The van der Waals surface area contributed by atoms with E-state index in [1.54, 1.807) is 0 Å². The second kappa shape index (κ2) is 7.78. The lowest BCUT2D eigenvalue weighted by Gasteiger charge is -2.39. The van der Waals surface area contributed by atoms with Crippen LogP contribution in [0.1, 0.15) is 38.5 Å². The molecule has 7 heteroatoms. The zero-order valence-corrected chi connectivity index (χ0v) is 14.9. The molecule has 134 valence electrons. The summed E-state index contributed by atoms with van der Waals surface area (Å²) in [6.07, 6.45) is 7.68. The molecule has 3 atom stereocenters. The molecular formula is C16H31N3O3S. The Morgan fingerprint density at radius 3 is 2.57 bits per heavy atom. The van der Waals surface area contributed by atoms with Crippen molar-refractivity contribution < 1.29 is 13.2 Å². The van der Waals surface area contributed by atoms with Gasteiger partial charge in [-0.1, -0.05) is 0 Å². The van der Waals surface area contributed by atoms with Crippen molar-refractivity contribution in [3.05, 3.63) is 0 Å². The first kappa shape index (κ1) is 17.6. The van der Waals surface area contributed by atoms with E-state index in [4.69, 9.17) is 4.74 Å². The van der Waals surface area contributed by atoms with Gasteiger partial charge in [0.1, 0.15) is 9.84 Å². The van der Waals surface area contributed by atoms with Gasteiger partial charge in [-0.15, -0.1) is 0 Å². The van der Waals surface area contributed by atoms with Gasteiger partial charge in [0.15, 0.2) is 0 Å². The summed E-state index contributed by atoms with van der Waals surface area (Å²) in [5.41, 5.74) is 0. The highest BCUT2D eigenvalue weighted by Crippen LogP contribution is 2.32. The van der Waals surface area contributed by atoms with Crippen LogP contribution in [0, 0.1) is 11.8 Å². The van der Waals surface area contributed by atoms with Gasteiger partial charge < -0.3 is 15.4 Å². The third-order valence-corrected chi connectivity index (χ3v) is 7.46. The maximum Gasteiger partial charge on any atom is 0.150 e. The summed E-state index contributed by atoms with van der Waals surface area (Å²) in [5.74, 6) is 1.25. The van der Waals surface area contributed by atoms with Crippen LogP contribution in [0.25, 0.3) is 0 Å². The Hall–Kier alpha value is -0.210. The van der Waals surface area contributed by atoms with Crippen LogP contribution in [-0.2, 0) is 14.6 Å². The van der Waals surface area contributed by atoms with Crippen LogP contribution >= 0.6 is 0 Å². The van der Waals surface area contributed by atoms with Gasteiger partial charge in [0, 0.05) is 32.1 Å². The molecule has 3 unspecified atom stereocenters. The molecule has 0 bridgehead atoms. The monoisotopic (exact) mass is 345 g/mol. The topological polar surface area (TPSA) is 79.5 Å². The second-order valence-electron chi connectivity index (χ2n) is 7.48. The molecule has 0 aromatic heterocycles. The van der Waals surface area contributed by atoms with Crippen LogP contribution < -0.4 is 16.0 Å². The summed E-state index contributed by atoms with van der Waals surface area (Å²) in [4.78, 5) is 0. The number of ether oxygens (including phenoxy) is 1. The van der Waals surface area contributed by atoms with E-state index < -0.39 is 9.84 Å². The first-order valence-corrected chi connectivity index (χ1v) is 10.9. The van der Waals surface area contributed by atoms with Gasteiger partial charge >= 0.3 is 0 Å². The number of hydrogen-bond donors (Lipinski definition) is 3. The summed E-state index contributed by atoms with van der Waals surface area (Å²) in [6, 6.07) is 0.495. The molecule has 1 aliphatic carbocycles. The summed E-state index contributed by atoms with van der Waals surface area (Å²) in [6.45, 7) is 3.63. The molecule has 0 amide bonds. The molecule has 0 radical (unpaired) electrons. The lowest BCUT2D eigenvalue weighted by molar-refractivity contribution is 0.173. The molecule has 2 aliphatic heterocycles. The van der Waals surface area contributed by atoms with Crippen LogP contribution in [0.4, 0.5) is 0 Å². The van der Waals surface area contributed by atoms with E-state index in [9.17, 15) is 8.42 Å². The minimum absolute atomic E-state index is 0.114. The zero-order valence-electron chi connectivity index (χ0n) is 14.1. The molecule has 3 rings (SSSR count). The Morgan fingerprint density at radius 1 is 1.13 bits per heavy atom. The second-order valence-corrected chi connectivity index (χ2v) is 9.81. The number of nitrogens with one attached hydrogen (secondary N) is 3. The summed E-state index contributed by atoms with van der Waals surface area (Å²) < 4.78 is 28.8. The fourth-order valence-corrected chi connectivity index (χ4v) is 5.35. The van der Waals surface area contributed by atoms with Crippen molar-refractivity contribution in [3.8, 4) is 0 Å². The van der Waals surface area contributed by atoms with Crippen molar-refractivity contribution in [3.63, 3.8) is 0 Å². The Labute approximate surface area is 140 Å². The average Bonchev–Trinajstić information content (AvgIpc) is 3.06. The first-order valence-electron chi connectivity index (χ1n) is 8.99. The van der Waals surface area contributed by atoms with Crippen molar-refractivity contribution >= 4 is 9.84 Å². The predicted octanol–water partition coefficient (Wildman–Crippen LogP) is 0.451. The van der Waals surface area contributed by atoms with Gasteiger partial charge in [-0.3, -0.25) is 5.32 Å². The molecule has 0 aromatic carbocycles. The van der Waals surface area contributed by atoms with Gasteiger partial charge in [0.2, 0.25) is 0 Å². The standard InChI is InChI=1S/C16H31N3O3S/c1-23(20,21)14-4-2-13(3-5-14)15-8-16(19-11-18-15)17-9-12-6-7-22-10-12/h12-19H,2-11H2,1H3. The van der Waals surface area contributed by atoms with Crippen molar-refractivity contribution in [2.24, 2.45) is 11.8 Å². The van der Waals surface area contributed by atoms with Crippen molar-refractivity contribution in [2.45, 2.75) is 56.0 Å². The Balaban J connectivity index is 1.43. The minimum atomic E-state index is -2.87. The molecule has 3 N–H and O–H groups in total. The van der Waals surface area contributed by atoms with Gasteiger partial charge in [0.25, 0.3) is 0 Å². The van der Waals surface area contributed by atoms with Crippen LogP contribution in [-0.4, -0.2) is 58.6 Å². The van der Waals surface area contributed by atoms with Crippen LogP contribution in [0.15, 0.2) is 0 Å². The summed E-state index contributed by atoms with van der Waals surface area (Å²) >= 11 is 0. The third-order valence-electron chi connectivity index (χ3n) is 5.77. The maximum atomic E-state index is 11.7. The largest absolute Gasteiger partial charge is 0.381 e. The highest BCUT2D eigenvalue weighted by atomic mass is 32.2. The van der Waals surface area contributed by atoms with Gasteiger partial charge in [-0.2, -0.15) is 0 Å². The fraction of sp³-hybridized carbons (Fsp3) is 1.00. The molecule has 3 fully saturated rings. The Kier molecular flexibility index (Phi) is 5.96. The van der Waals surface area contributed by atoms with E-state index in [-0.39, 0.29) is 5.25 Å². The molecule has 23 heavy (non-hydrogen) atoms.